The fourth-order valence-corrected chi connectivity index (χ4v) is 3.60. The number of Topliss-reactive ketones (excluding diaryl/α,β-unsaturated/α-hetero) is 1. The Hall–Kier alpha value is -2.90. The van der Waals surface area contributed by atoms with E-state index in [9.17, 15) is 19.1 Å². The molecular formula is C22H21ClFNO5. The van der Waals surface area contributed by atoms with E-state index in [1.165, 1.54) is 42.3 Å². The molecule has 1 amide bonds. The summed E-state index contributed by atoms with van der Waals surface area (Å²) >= 11 is 6.21. The van der Waals surface area contributed by atoms with Gasteiger partial charge in [0.05, 0.1) is 29.9 Å². The number of amides is 1. The molecule has 0 spiro atoms. The molecule has 1 aliphatic rings. The fourth-order valence-electron chi connectivity index (χ4n) is 3.37. The van der Waals surface area contributed by atoms with Crippen LogP contribution >= 0.6 is 11.6 Å². The number of aliphatic hydroxyl groups excluding tert-OH is 1. The summed E-state index contributed by atoms with van der Waals surface area (Å²) in [6.45, 7) is 2.55. The van der Waals surface area contributed by atoms with E-state index in [4.69, 9.17) is 21.1 Å². The van der Waals surface area contributed by atoms with E-state index in [0.29, 0.717) is 17.9 Å². The molecule has 2 aromatic carbocycles. The zero-order chi connectivity index (χ0) is 21.8. The van der Waals surface area contributed by atoms with E-state index in [2.05, 4.69) is 0 Å². The lowest BCUT2D eigenvalue weighted by Gasteiger charge is -2.25. The first-order valence-electron chi connectivity index (χ1n) is 9.34. The summed E-state index contributed by atoms with van der Waals surface area (Å²) in [5.74, 6) is -1.98. The number of likely N-dealkylation sites (tertiary alicyclic amines) is 1. The van der Waals surface area contributed by atoms with Crippen LogP contribution in [0, 0.1) is 5.82 Å². The second kappa shape index (κ2) is 9.28. The van der Waals surface area contributed by atoms with Crippen LogP contribution in [0.15, 0.2) is 48.0 Å². The molecule has 0 radical (unpaired) electrons. The number of hydrogen-bond acceptors (Lipinski definition) is 5. The zero-order valence-electron chi connectivity index (χ0n) is 16.5. The van der Waals surface area contributed by atoms with Crippen molar-refractivity contribution in [1.29, 1.82) is 0 Å². The minimum absolute atomic E-state index is 0.0945. The number of ether oxygens (including phenoxy) is 2. The van der Waals surface area contributed by atoms with Crippen molar-refractivity contribution in [1.82, 2.24) is 4.90 Å². The van der Waals surface area contributed by atoms with Crippen molar-refractivity contribution >= 4 is 29.1 Å². The van der Waals surface area contributed by atoms with Gasteiger partial charge >= 0.3 is 0 Å². The SMILES string of the molecule is CCOc1ccc(C(O)=C2C(=O)C(=O)N(CCOC)C2c2ccc(F)cc2)cc1Cl. The largest absolute Gasteiger partial charge is 0.507 e. The number of aliphatic hydroxyl groups is 1. The van der Waals surface area contributed by atoms with Gasteiger partial charge in [0.25, 0.3) is 11.7 Å². The second-order valence-electron chi connectivity index (χ2n) is 6.62. The number of nitrogens with zero attached hydrogens (tertiary/aromatic N) is 1. The lowest BCUT2D eigenvalue weighted by molar-refractivity contribution is -0.140. The Morgan fingerprint density at radius 1 is 1.20 bits per heavy atom. The van der Waals surface area contributed by atoms with Gasteiger partial charge in [-0.05, 0) is 42.8 Å². The molecule has 8 heteroatoms. The third kappa shape index (κ3) is 4.17. The summed E-state index contributed by atoms with van der Waals surface area (Å²) in [5.41, 5.74) is 0.661. The summed E-state index contributed by atoms with van der Waals surface area (Å²) in [6, 6.07) is 9.14. The topological polar surface area (TPSA) is 76.1 Å². The lowest BCUT2D eigenvalue weighted by atomic mass is 9.95. The van der Waals surface area contributed by atoms with E-state index in [1.807, 2.05) is 6.92 Å². The highest BCUT2D eigenvalue weighted by atomic mass is 35.5. The molecule has 0 aliphatic carbocycles. The minimum atomic E-state index is -0.883. The van der Waals surface area contributed by atoms with Crippen molar-refractivity contribution < 1.29 is 28.6 Å². The number of carbonyl (C=O) groups excluding carboxylic acids is 2. The Kier molecular flexibility index (Phi) is 6.74. The van der Waals surface area contributed by atoms with Crippen LogP contribution in [0.1, 0.15) is 24.1 Å². The normalized spacial score (nSPS) is 18.1. The maximum atomic E-state index is 13.4. The van der Waals surface area contributed by atoms with Crippen molar-refractivity contribution in [2.75, 3.05) is 26.9 Å². The van der Waals surface area contributed by atoms with Crippen LogP contribution in [-0.4, -0.2) is 48.6 Å². The first kappa shape index (κ1) is 21.8. The molecule has 1 aliphatic heterocycles. The van der Waals surface area contributed by atoms with E-state index in [-0.39, 0.29) is 35.1 Å². The Bertz CT molecular complexity index is 990. The lowest BCUT2D eigenvalue weighted by Crippen LogP contribution is -2.32. The van der Waals surface area contributed by atoms with E-state index in [1.54, 1.807) is 12.1 Å². The molecule has 1 unspecified atom stereocenters. The van der Waals surface area contributed by atoms with Gasteiger partial charge in [-0.25, -0.2) is 4.39 Å². The summed E-state index contributed by atoms with van der Waals surface area (Å²) in [6.07, 6.45) is 0. The monoisotopic (exact) mass is 433 g/mol. The van der Waals surface area contributed by atoms with Gasteiger partial charge in [-0.3, -0.25) is 9.59 Å². The Labute approximate surface area is 178 Å². The molecule has 158 valence electrons. The van der Waals surface area contributed by atoms with Crippen molar-refractivity contribution in [2.45, 2.75) is 13.0 Å². The van der Waals surface area contributed by atoms with Crippen LogP contribution < -0.4 is 4.74 Å². The predicted molar refractivity (Wildman–Crippen MR) is 110 cm³/mol. The molecule has 0 aromatic heterocycles. The van der Waals surface area contributed by atoms with Gasteiger partial charge in [0.2, 0.25) is 0 Å². The van der Waals surface area contributed by atoms with Crippen molar-refractivity contribution in [3.8, 4) is 5.75 Å². The van der Waals surface area contributed by atoms with Gasteiger partial charge in [-0.15, -0.1) is 0 Å². The van der Waals surface area contributed by atoms with Crippen LogP contribution in [0.4, 0.5) is 4.39 Å². The number of rotatable bonds is 7. The van der Waals surface area contributed by atoms with E-state index < -0.39 is 23.5 Å². The fraction of sp³-hybridized carbons (Fsp3) is 0.273. The molecule has 6 nitrogen and oxygen atoms in total. The Morgan fingerprint density at radius 2 is 1.90 bits per heavy atom. The molecule has 1 saturated heterocycles. The van der Waals surface area contributed by atoms with Gasteiger partial charge in [0.1, 0.15) is 17.3 Å². The number of ketones is 1. The van der Waals surface area contributed by atoms with Crippen LogP contribution in [0.25, 0.3) is 5.76 Å². The highest BCUT2D eigenvalue weighted by Crippen LogP contribution is 2.40. The van der Waals surface area contributed by atoms with Crippen molar-refractivity contribution in [3.63, 3.8) is 0 Å². The third-order valence-electron chi connectivity index (χ3n) is 4.77. The van der Waals surface area contributed by atoms with Crippen LogP contribution in [-0.2, 0) is 14.3 Å². The standard InChI is InChI=1S/C22H21ClFNO5/c1-3-30-17-9-6-14(12-16(17)23)20(26)18-19(13-4-7-15(24)8-5-13)25(10-11-29-2)22(28)21(18)27/h4-9,12,19,26H,3,10-11H2,1-2H3. The van der Waals surface area contributed by atoms with Gasteiger partial charge in [-0.2, -0.15) is 0 Å². The molecular weight excluding hydrogens is 413 g/mol. The quantitative estimate of drug-likeness (QED) is 0.406. The van der Waals surface area contributed by atoms with E-state index in [0.717, 1.165) is 0 Å². The van der Waals surface area contributed by atoms with Crippen LogP contribution in [0.5, 0.6) is 5.75 Å². The molecule has 0 saturated carbocycles. The Morgan fingerprint density at radius 3 is 2.50 bits per heavy atom. The number of hydrogen-bond donors (Lipinski definition) is 1. The average molecular weight is 434 g/mol. The highest BCUT2D eigenvalue weighted by molar-refractivity contribution is 6.46. The van der Waals surface area contributed by atoms with Crippen LogP contribution in [0.2, 0.25) is 5.02 Å². The molecule has 1 N–H and O–H groups in total. The zero-order valence-corrected chi connectivity index (χ0v) is 17.3. The number of carbonyl (C=O) groups is 2. The van der Waals surface area contributed by atoms with Crippen molar-refractivity contribution in [3.05, 3.63) is 70.0 Å². The summed E-state index contributed by atoms with van der Waals surface area (Å²) in [4.78, 5) is 26.8. The van der Waals surface area contributed by atoms with Gasteiger partial charge in [0.15, 0.2) is 0 Å². The van der Waals surface area contributed by atoms with Crippen molar-refractivity contribution in [2.24, 2.45) is 0 Å². The van der Waals surface area contributed by atoms with Gasteiger partial charge < -0.3 is 19.5 Å². The smallest absolute Gasteiger partial charge is 0.295 e. The predicted octanol–water partition coefficient (Wildman–Crippen LogP) is 3.95. The number of benzene rings is 2. The molecule has 1 atom stereocenters. The first-order chi connectivity index (χ1) is 14.4. The molecule has 0 bridgehead atoms. The summed E-state index contributed by atoms with van der Waals surface area (Å²) in [5, 5.41) is 11.2. The first-order valence-corrected chi connectivity index (χ1v) is 9.72. The molecule has 2 aromatic rings. The molecule has 3 rings (SSSR count). The Balaban J connectivity index is 2.13. The minimum Gasteiger partial charge on any atom is -0.507 e. The third-order valence-corrected chi connectivity index (χ3v) is 5.06. The maximum absolute atomic E-state index is 13.4. The van der Waals surface area contributed by atoms with Gasteiger partial charge in [-0.1, -0.05) is 23.7 Å². The highest BCUT2D eigenvalue weighted by Gasteiger charge is 2.45. The second-order valence-corrected chi connectivity index (χ2v) is 7.02. The summed E-state index contributed by atoms with van der Waals surface area (Å²) in [7, 11) is 1.48. The van der Waals surface area contributed by atoms with Crippen LogP contribution in [0.3, 0.4) is 0 Å². The number of methoxy groups -OCH3 is 1. The molecule has 30 heavy (non-hydrogen) atoms. The van der Waals surface area contributed by atoms with Gasteiger partial charge in [0, 0.05) is 19.2 Å². The number of halogens is 2. The molecule has 1 fully saturated rings. The van der Waals surface area contributed by atoms with E-state index >= 15 is 0 Å². The summed E-state index contributed by atoms with van der Waals surface area (Å²) < 4.78 is 23.9. The molecule has 1 heterocycles. The average Bonchev–Trinajstić information content (AvgIpc) is 2.98. The maximum Gasteiger partial charge on any atom is 0.295 e.